The molecule has 138 valence electrons. The van der Waals surface area contributed by atoms with Gasteiger partial charge in [-0.1, -0.05) is 24.3 Å². The van der Waals surface area contributed by atoms with E-state index in [2.05, 4.69) is 40.4 Å². The van der Waals surface area contributed by atoms with Crippen LogP contribution in [-0.2, 0) is 13.1 Å². The zero-order valence-corrected chi connectivity index (χ0v) is 15.6. The summed E-state index contributed by atoms with van der Waals surface area (Å²) in [7, 11) is 3.78. The quantitative estimate of drug-likeness (QED) is 0.866. The summed E-state index contributed by atoms with van der Waals surface area (Å²) in [5.74, 6) is 0.682. The van der Waals surface area contributed by atoms with Crippen molar-refractivity contribution >= 4 is 5.91 Å². The third kappa shape index (κ3) is 4.84. The Labute approximate surface area is 155 Å². The first-order chi connectivity index (χ1) is 12.7. The van der Waals surface area contributed by atoms with Crippen LogP contribution in [0.3, 0.4) is 0 Å². The van der Waals surface area contributed by atoms with Crippen LogP contribution in [0.15, 0.2) is 48.5 Å². The van der Waals surface area contributed by atoms with Crippen molar-refractivity contribution in [3.8, 4) is 5.75 Å². The second-order valence-corrected chi connectivity index (χ2v) is 6.76. The molecule has 1 heterocycles. The van der Waals surface area contributed by atoms with E-state index in [1.54, 1.807) is 31.4 Å². The Morgan fingerprint density at radius 2 is 1.65 bits per heavy atom. The highest BCUT2D eigenvalue weighted by Gasteiger charge is 2.15. The molecule has 0 bridgehead atoms. The number of carbonyl (C=O) groups is 1. The first-order valence-electron chi connectivity index (χ1n) is 9.05. The fourth-order valence-corrected chi connectivity index (χ4v) is 3.15. The Balaban J connectivity index is 1.59. The Kier molecular flexibility index (Phi) is 6.26. The summed E-state index contributed by atoms with van der Waals surface area (Å²) in [5.41, 5.74) is 3.10. The SMILES string of the molecule is COc1ccc(C(=O)NCc2ccccc2CN2CCN(C)CC2)cc1. The maximum atomic E-state index is 12.4. The Hall–Kier alpha value is -2.37. The van der Waals surface area contributed by atoms with Crippen LogP contribution < -0.4 is 10.1 Å². The monoisotopic (exact) mass is 353 g/mol. The van der Waals surface area contributed by atoms with E-state index in [0.29, 0.717) is 12.1 Å². The number of hydrogen-bond acceptors (Lipinski definition) is 4. The van der Waals surface area contributed by atoms with Gasteiger partial charge in [0.15, 0.2) is 0 Å². The van der Waals surface area contributed by atoms with Gasteiger partial charge >= 0.3 is 0 Å². The minimum atomic E-state index is -0.0675. The van der Waals surface area contributed by atoms with Gasteiger partial charge in [0.25, 0.3) is 5.91 Å². The Bertz CT molecular complexity index is 722. The lowest BCUT2D eigenvalue weighted by Gasteiger charge is -2.32. The number of likely N-dealkylation sites (N-methyl/N-ethyl adjacent to an activating group) is 1. The molecular formula is C21H27N3O2. The fraction of sp³-hybridized carbons (Fsp3) is 0.381. The number of nitrogens with zero attached hydrogens (tertiary/aromatic N) is 2. The molecule has 0 radical (unpaired) electrons. The van der Waals surface area contributed by atoms with Crippen LogP contribution in [0.1, 0.15) is 21.5 Å². The molecule has 3 rings (SSSR count). The van der Waals surface area contributed by atoms with Gasteiger partial charge < -0.3 is 15.0 Å². The number of methoxy groups -OCH3 is 1. The van der Waals surface area contributed by atoms with Crippen LogP contribution >= 0.6 is 0 Å². The normalized spacial score (nSPS) is 15.6. The second kappa shape index (κ2) is 8.83. The zero-order valence-electron chi connectivity index (χ0n) is 15.6. The average molecular weight is 353 g/mol. The number of amides is 1. The summed E-state index contributed by atoms with van der Waals surface area (Å²) < 4.78 is 5.13. The zero-order chi connectivity index (χ0) is 18.4. The molecule has 2 aromatic carbocycles. The molecule has 26 heavy (non-hydrogen) atoms. The molecule has 1 fully saturated rings. The van der Waals surface area contributed by atoms with Gasteiger partial charge in [-0.2, -0.15) is 0 Å². The molecule has 5 nitrogen and oxygen atoms in total. The largest absolute Gasteiger partial charge is 0.497 e. The van der Waals surface area contributed by atoms with E-state index < -0.39 is 0 Å². The van der Waals surface area contributed by atoms with Crippen molar-refractivity contribution in [1.82, 2.24) is 15.1 Å². The van der Waals surface area contributed by atoms with Crippen molar-refractivity contribution in [3.63, 3.8) is 0 Å². The van der Waals surface area contributed by atoms with Gasteiger partial charge in [0, 0.05) is 44.8 Å². The highest BCUT2D eigenvalue weighted by atomic mass is 16.5. The van der Waals surface area contributed by atoms with Gasteiger partial charge in [0.05, 0.1) is 7.11 Å². The summed E-state index contributed by atoms with van der Waals surface area (Å²) >= 11 is 0. The average Bonchev–Trinajstić information content (AvgIpc) is 2.69. The molecular weight excluding hydrogens is 326 g/mol. The van der Waals surface area contributed by atoms with E-state index in [0.717, 1.165) is 38.5 Å². The number of rotatable bonds is 6. The van der Waals surface area contributed by atoms with Crippen LogP contribution in [0.25, 0.3) is 0 Å². The lowest BCUT2D eigenvalue weighted by Crippen LogP contribution is -2.44. The molecule has 2 aromatic rings. The third-order valence-electron chi connectivity index (χ3n) is 4.90. The molecule has 0 spiro atoms. The summed E-state index contributed by atoms with van der Waals surface area (Å²) in [4.78, 5) is 17.2. The molecule has 0 aromatic heterocycles. The maximum absolute atomic E-state index is 12.4. The van der Waals surface area contributed by atoms with Crippen LogP contribution in [0, 0.1) is 0 Å². The molecule has 1 aliphatic heterocycles. The van der Waals surface area contributed by atoms with Crippen LogP contribution in [0.2, 0.25) is 0 Å². The number of hydrogen-bond donors (Lipinski definition) is 1. The first kappa shape index (κ1) is 18.4. The predicted molar refractivity (Wildman–Crippen MR) is 103 cm³/mol. The highest BCUT2D eigenvalue weighted by Crippen LogP contribution is 2.14. The van der Waals surface area contributed by atoms with Gasteiger partial charge in [0.1, 0.15) is 5.75 Å². The Morgan fingerprint density at radius 3 is 2.31 bits per heavy atom. The lowest BCUT2D eigenvalue weighted by molar-refractivity contribution is 0.0950. The molecule has 1 amide bonds. The van der Waals surface area contributed by atoms with Crippen molar-refractivity contribution in [1.29, 1.82) is 0 Å². The highest BCUT2D eigenvalue weighted by molar-refractivity contribution is 5.94. The third-order valence-corrected chi connectivity index (χ3v) is 4.90. The molecule has 1 N–H and O–H groups in total. The van der Waals surface area contributed by atoms with Crippen molar-refractivity contribution in [3.05, 3.63) is 65.2 Å². The minimum absolute atomic E-state index is 0.0675. The lowest BCUT2D eigenvalue weighted by atomic mass is 10.1. The van der Waals surface area contributed by atoms with E-state index in [1.807, 2.05) is 6.07 Å². The van der Waals surface area contributed by atoms with Gasteiger partial charge in [-0.3, -0.25) is 9.69 Å². The summed E-state index contributed by atoms with van der Waals surface area (Å²) in [6.45, 7) is 5.86. The van der Waals surface area contributed by atoms with E-state index in [4.69, 9.17) is 4.74 Å². The van der Waals surface area contributed by atoms with Crippen LogP contribution in [-0.4, -0.2) is 56.0 Å². The molecule has 0 unspecified atom stereocenters. The van der Waals surface area contributed by atoms with Crippen molar-refractivity contribution in [2.75, 3.05) is 40.3 Å². The second-order valence-electron chi connectivity index (χ2n) is 6.76. The number of carbonyl (C=O) groups excluding carboxylic acids is 1. The van der Waals surface area contributed by atoms with Crippen molar-refractivity contribution in [2.45, 2.75) is 13.1 Å². The number of ether oxygens (including phenoxy) is 1. The minimum Gasteiger partial charge on any atom is -0.497 e. The summed E-state index contributed by atoms with van der Waals surface area (Å²) in [6, 6.07) is 15.5. The van der Waals surface area contributed by atoms with Gasteiger partial charge in [-0.05, 0) is 42.4 Å². The molecule has 0 aliphatic carbocycles. The van der Waals surface area contributed by atoms with E-state index in [1.165, 1.54) is 11.1 Å². The fourth-order valence-electron chi connectivity index (χ4n) is 3.15. The van der Waals surface area contributed by atoms with Crippen molar-refractivity contribution < 1.29 is 9.53 Å². The van der Waals surface area contributed by atoms with Crippen LogP contribution in [0.4, 0.5) is 0 Å². The summed E-state index contributed by atoms with van der Waals surface area (Å²) in [5, 5.41) is 3.03. The molecule has 0 saturated carbocycles. The van der Waals surface area contributed by atoms with Crippen molar-refractivity contribution in [2.24, 2.45) is 0 Å². The van der Waals surface area contributed by atoms with E-state index in [9.17, 15) is 4.79 Å². The predicted octanol–water partition coefficient (Wildman–Crippen LogP) is 2.37. The number of nitrogens with one attached hydrogen (secondary N) is 1. The molecule has 5 heteroatoms. The van der Waals surface area contributed by atoms with Gasteiger partial charge in [-0.15, -0.1) is 0 Å². The van der Waals surface area contributed by atoms with E-state index in [-0.39, 0.29) is 5.91 Å². The topological polar surface area (TPSA) is 44.8 Å². The molecule has 0 atom stereocenters. The molecule has 1 saturated heterocycles. The standard InChI is InChI=1S/C21H27N3O2/c1-23-11-13-24(14-12-23)16-19-6-4-3-5-18(19)15-22-21(25)17-7-9-20(26-2)10-8-17/h3-10H,11-16H2,1-2H3,(H,22,25). The number of benzene rings is 2. The van der Waals surface area contributed by atoms with E-state index >= 15 is 0 Å². The first-order valence-corrected chi connectivity index (χ1v) is 9.05. The smallest absolute Gasteiger partial charge is 0.251 e. The van der Waals surface area contributed by atoms with Crippen LogP contribution in [0.5, 0.6) is 5.75 Å². The molecule has 1 aliphatic rings. The Morgan fingerprint density at radius 1 is 1.00 bits per heavy atom. The number of piperazine rings is 1. The summed E-state index contributed by atoms with van der Waals surface area (Å²) in [6.07, 6.45) is 0. The van der Waals surface area contributed by atoms with Gasteiger partial charge in [0.2, 0.25) is 0 Å². The maximum Gasteiger partial charge on any atom is 0.251 e. The van der Waals surface area contributed by atoms with Gasteiger partial charge in [-0.25, -0.2) is 0 Å².